The van der Waals surface area contributed by atoms with E-state index in [4.69, 9.17) is 11.6 Å². The van der Waals surface area contributed by atoms with Crippen LogP contribution in [0.2, 0.25) is 5.02 Å². The van der Waals surface area contributed by atoms with Crippen molar-refractivity contribution in [3.63, 3.8) is 0 Å². The maximum Gasteiger partial charge on any atom is 0.254 e. The summed E-state index contributed by atoms with van der Waals surface area (Å²) in [7, 11) is -3.39. The Hall–Kier alpha value is -1.71. The second kappa shape index (κ2) is 6.30. The molecule has 0 fully saturated rings. The molecule has 24 heavy (non-hydrogen) atoms. The number of hydrogen-bond donors (Lipinski definition) is 1. The Labute approximate surface area is 147 Å². The first kappa shape index (κ1) is 17.1. The molecule has 1 aromatic carbocycles. The molecule has 0 aliphatic carbocycles. The summed E-state index contributed by atoms with van der Waals surface area (Å²) in [4.78, 5) is 19.2. The SMILES string of the molecule is CS(=O)(=O)Nc1nc2c(s1)CN(C(=O)c1ccc(F)c(Cl)c1)CC2. The van der Waals surface area contributed by atoms with Crippen LogP contribution < -0.4 is 4.72 Å². The summed E-state index contributed by atoms with van der Waals surface area (Å²) in [5.74, 6) is -0.832. The zero-order valence-corrected chi connectivity index (χ0v) is 14.9. The molecule has 0 bridgehead atoms. The van der Waals surface area contributed by atoms with Crippen LogP contribution in [0.3, 0.4) is 0 Å². The molecule has 1 amide bonds. The smallest absolute Gasteiger partial charge is 0.254 e. The van der Waals surface area contributed by atoms with Crippen LogP contribution in [0.15, 0.2) is 18.2 Å². The number of amides is 1. The predicted octanol–water partition coefficient (Wildman–Crippen LogP) is 2.51. The number of rotatable bonds is 3. The molecule has 0 saturated heterocycles. The van der Waals surface area contributed by atoms with Crippen LogP contribution in [0.5, 0.6) is 0 Å². The molecule has 0 saturated carbocycles. The maximum absolute atomic E-state index is 13.2. The number of benzene rings is 1. The lowest BCUT2D eigenvalue weighted by molar-refractivity contribution is 0.0736. The van der Waals surface area contributed by atoms with Gasteiger partial charge in [-0.15, -0.1) is 0 Å². The van der Waals surface area contributed by atoms with Crippen molar-refractivity contribution in [2.24, 2.45) is 0 Å². The summed E-state index contributed by atoms with van der Waals surface area (Å²) in [6, 6.07) is 3.85. The van der Waals surface area contributed by atoms with Crippen molar-refractivity contribution in [2.75, 3.05) is 17.5 Å². The number of sulfonamides is 1. The fourth-order valence-corrected chi connectivity index (χ4v) is 4.42. The second-order valence-electron chi connectivity index (χ2n) is 5.37. The van der Waals surface area contributed by atoms with Gasteiger partial charge in [0.2, 0.25) is 10.0 Å². The lowest BCUT2D eigenvalue weighted by Gasteiger charge is -2.26. The molecule has 0 atom stereocenters. The van der Waals surface area contributed by atoms with Gasteiger partial charge in [-0.25, -0.2) is 17.8 Å². The number of carbonyl (C=O) groups is 1. The minimum Gasteiger partial charge on any atom is -0.333 e. The van der Waals surface area contributed by atoms with Crippen molar-refractivity contribution in [1.29, 1.82) is 0 Å². The van der Waals surface area contributed by atoms with Gasteiger partial charge in [0.1, 0.15) is 5.82 Å². The van der Waals surface area contributed by atoms with Crippen LogP contribution in [0, 0.1) is 5.82 Å². The number of hydrogen-bond acceptors (Lipinski definition) is 5. The van der Waals surface area contributed by atoms with Gasteiger partial charge in [-0.05, 0) is 18.2 Å². The van der Waals surface area contributed by atoms with Crippen LogP contribution in [0.25, 0.3) is 0 Å². The summed E-state index contributed by atoms with van der Waals surface area (Å²) >= 11 is 6.93. The molecule has 1 aromatic heterocycles. The van der Waals surface area contributed by atoms with Crippen LogP contribution in [0.1, 0.15) is 20.9 Å². The van der Waals surface area contributed by atoms with Gasteiger partial charge in [-0.3, -0.25) is 9.52 Å². The van der Waals surface area contributed by atoms with Gasteiger partial charge in [0, 0.05) is 23.4 Å². The van der Waals surface area contributed by atoms with Gasteiger partial charge in [0.15, 0.2) is 5.13 Å². The number of nitrogens with zero attached hydrogens (tertiary/aromatic N) is 2. The number of carbonyl (C=O) groups excluding carboxylic acids is 1. The Morgan fingerprint density at radius 1 is 1.46 bits per heavy atom. The highest BCUT2D eigenvalue weighted by Crippen LogP contribution is 2.29. The quantitative estimate of drug-likeness (QED) is 0.874. The Bertz CT molecular complexity index is 914. The topological polar surface area (TPSA) is 79.4 Å². The van der Waals surface area contributed by atoms with Crippen molar-refractivity contribution in [2.45, 2.75) is 13.0 Å². The highest BCUT2D eigenvalue weighted by atomic mass is 35.5. The molecule has 0 radical (unpaired) electrons. The Morgan fingerprint density at radius 3 is 2.88 bits per heavy atom. The van der Waals surface area contributed by atoms with E-state index in [9.17, 15) is 17.6 Å². The fourth-order valence-electron chi connectivity index (χ4n) is 2.38. The van der Waals surface area contributed by atoms with Crippen molar-refractivity contribution in [3.8, 4) is 0 Å². The fraction of sp³-hybridized carbons (Fsp3) is 0.286. The second-order valence-corrected chi connectivity index (χ2v) is 8.61. The molecule has 1 aliphatic heterocycles. The Balaban J connectivity index is 1.79. The lowest BCUT2D eigenvalue weighted by atomic mass is 10.1. The van der Waals surface area contributed by atoms with E-state index in [1.807, 2.05) is 0 Å². The maximum atomic E-state index is 13.2. The third kappa shape index (κ3) is 3.68. The summed E-state index contributed by atoms with van der Waals surface area (Å²) in [5, 5.41) is 0.192. The summed E-state index contributed by atoms with van der Waals surface area (Å²) in [6.07, 6.45) is 1.58. The molecule has 2 aromatic rings. The van der Waals surface area contributed by atoms with E-state index in [1.54, 1.807) is 4.90 Å². The summed E-state index contributed by atoms with van der Waals surface area (Å²) in [5.41, 5.74) is 1.09. The van der Waals surface area contributed by atoms with Gasteiger partial charge >= 0.3 is 0 Å². The lowest BCUT2D eigenvalue weighted by Crippen LogP contribution is -2.35. The molecule has 2 heterocycles. The zero-order chi connectivity index (χ0) is 17.5. The Morgan fingerprint density at radius 2 is 2.21 bits per heavy atom. The van der Waals surface area contributed by atoms with Gasteiger partial charge in [0.25, 0.3) is 5.91 Å². The monoisotopic (exact) mass is 389 g/mol. The average Bonchev–Trinajstić information content (AvgIpc) is 2.88. The molecular formula is C14H13ClFN3O3S2. The number of thiazole rings is 1. The average molecular weight is 390 g/mol. The number of halogens is 2. The molecular weight excluding hydrogens is 377 g/mol. The predicted molar refractivity (Wildman–Crippen MR) is 90.4 cm³/mol. The molecule has 0 unspecified atom stereocenters. The molecule has 10 heteroatoms. The number of nitrogens with one attached hydrogen (secondary N) is 1. The van der Waals surface area contributed by atoms with Crippen molar-refractivity contribution in [1.82, 2.24) is 9.88 Å². The van der Waals surface area contributed by atoms with Crippen molar-refractivity contribution >= 4 is 44.0 Å². The number of fused-ring (bicyclic) bond motifs is 1. The largest absolute Gasteiger partial charge is 0.333 e. The van der Waals surface area contributed by atoms with Crippen LogP contribution in [0.4, 0.5) is 9.52 Å². The van der Waals surface area contributed by atoms with Gasteiger partial charge < -0.3 is 4.90 Å². The molecule has 1 aliphatic rings. The molecule has 0 spiro atoms. The first-order chi connectivity index (χ1) is 11.2. The number of anilines is 1. The third-order valence-corrected chi connectivity index (χ3v) is 5.44. The first-order valence-electron chi connectivity index (χ1n) is 6.93. The molecule has 1 N–H and O–H groups in total. The minimum absolute atomic E-state index is 0.101. The van der Waals surface area contributed by atoms with Crippen molar-refractivity contribution < 1.29 is 17.6 Å². The third-order valence-electron chi connectivity index (χ3n) is 3.46. The number of aromatic nitrogens is 1. The van der Waals surface area contributed by atoms with E-state index in [-0.39, 0.29) is 10.9 Å². The van der Waals surface area contributed by atoms with Gasteiger partial charge in [0.05, 0.1) is 23.5 Å². The first-order valence-corrected chi connectivity index (χ1v) is 10.0. The van der Waals surface area contributed by atoms with E-state index in [0.29, 0.717) is 30.2 Å². The van der Waals surface area contributed by atoms with E-state index >= 15 is 0 Å². The normalized spacial score (nSPS) is 14.4. The summed E-state index contributed by atoms with van der Waals surface area (Å²) in [6.45, 7) is 0.773. The van der Waals surface area contributed by atoms with E-state index < -0.39 is 15.8 Å². The van der Waals surface area contributed by atoms with Crippen molar-refractivity contribution in [3.05, 3.63) is 45.2 Å². The van der Waals surface area contributed by atoms with E-state index in [1.165, 1.54) is 23.5 Å². The molecule has 128 valence electrons. The zero-order valence-electron chi connectivity index (χ0n) is 12.5. The van der Waals surface area contributed by atoms with Gasteiger partial charge in [-0.1, -0.05) is 22.9 Å². The Kier molecular flexibility index (Phi) is 4.50. The standard InChI is InChI=1S/C14H13ClFN3O3S2/c1-24(21,22)18-14-17-11-4-5-19(7-12(11)23-14)13(20)8-2-3-10(16)9(15)6-8/h2-3,6H,4-5,7H2,1H3,(H,17,18). The van der Waals surface area contributed by atoms with Gasteiger partial charge in [-0.2, -0.15) is 0 Å². The van der Waals surface area contributed by atoms with Crippen LogP contribution in [-0.4, -0.2) is 37.0 Å². The highest BCUT2D eigenvalue weighted by Gasteiger charge is 2.25. The minimum atomic E-state index is -3.39. The van der Waals surface area contributed by atoms with Crippen LogP contribution >= 0.6 is 22.9 Å². The molecule has 6 nitrogen and oxygen atoms in total. The highest BCUT2D eigenvalue weighted by molar-refractivity contribution is 7.92. The summed E-state index contributed by atoms with van der Waals surface area (Å²) < 4.78 is 38.1. The molecule has 3 rings (SSSR count). The van der Waals surface area contributed by atoms with E-state index in [0.717, 1.165) is 22.9 Å². The van der Waals surface area contributed by atoms with E-state index in [2.05, 4.69) is 9.71 Å². The van der Waals surface area contributed by atoms with Crippen LogP contribution in [-0.2, 0) is 23.0 Å².